The molecule has 0 radical (unpaired) electrons. The van der Waals surface area contributed by atoms with E-state index in [1.54, 1.807) is 0 Å². The molecule has 41 heavy (non-hydrogen) atoms. The third kappa shape index (κ3) is 12.2. The van der Waals surface area contributed by atoms with Crippen LogP contribution in [0.25, 0.3) is 0 Å². The maximum absolute atomic E-state index is 12.0. The summed E-state index contributed by atoms with van der Waals surface area (Å²) in [4.78, 5) is 88.9. The summed E-state index contributed by atoms with van der Waals surface area (Å²) in [5.41, 5.74) is -1.55. The number of phosphoric ester groups is 1. The van der Waals surface area contributed by atoms with Gasteiger partial charge in [0.25, 0.3) is 5.56 Å². The molecule has 2 rings (SSSR count). The highest BCUT2D eigenvalue weighted by Crippen LogP contribution is 2.75. The van der Waals surface area contributed by atoms with Crippen molar-refractivity contribution in [2.75, 3.05) is 6.61 Å². The van der Waals surface area contributed by atoms with E-state index in [-0.39, 0.29) is 12.0 Å². The molecule has 0 amide bonds. The summed E-state index contributed by atoms with van der Waals surface area (Å²) in [6.45, 7) is 0.255. The fourth-order valence-electron chi connectivity index (χ4n) is 2.74. The number of rotatable bonds is 14. The summed E-state index contributed by atoms with van der Waals surface area (Å²) in [6.07, 6.45) is -3.43. The molecule has 1 fully saturated rings. The number of aliphatic hydroxyl groups is 1. The molecule has 5 unspecified atom stereocenters. The highest BCUT2D eigenvalue weighted by Gasteiger charge is 2.49. The van der Waals surface area contributed by atoms with Gasteiger partial charge in [0.2, 0.25) is 0 Å². The van der Waals surface area contributed by atoms with Gasteiger partial charge in [-0.15, -0.1) is 0 Å². The zero-order valence-corrected chi connectivity index (χ0v) is 24.9. The fraction of sp³-hybridized carbons (Fsp3) is 0.600. The summed E-state index contributed by atoms with van der Waals surface area (Å²) >= 11 is 0. The molecule has 1 aliphatic rings. The predicted molar refractivity (Wildman–Crippen MR) is 123 cm³/mol. The minimum absolute atomic E-state index is 0.0865. The number of aromatic amines is 1. The quantitative estimate of drug-likeness (QED) is 0.106. The maximum atomic E-state index is 12.0. The zero-order valence-electron chi connectivity index (χ0n) is 19.6. The van der Waals surface area contributed by atoms with Crippen molar-refractivity contribution in [1.82, 2.24) is 9.55 Å². The van der Waals surface area contributed by atoms with Crippen LogP contribution in [0, 0.1) is 6.92 Å². The van der Waals surface area contributed by atoms with Gasteiger partial charge in [-0.1, -0.05) is 0 Å². The Balaban J connectivity index is 2.01. The monoisotopic (exact) mass is 722 g/mol. The van der Waals surface area contributed by atoms with Crippen LogP contribution in [0.1, 0.15) is 18.2 Å². The maximum Gasteiger partial charge on any atom is 0.490 e. The zero-order chi connectivity index (χ0) is 31.8. The van der Waals surface area contributed by atoms with E-state index < -0.39 is 83.2 Å². The topological polar surface area (TPSA) is 384 Å². The lowest BCUT2D eigenvalue weighted by Crippen LogP contribution is -2.33. The van der Waals surface area contributed by atoms with Gasteiger partial charge in [-0.2, -0.15) is 21.6 Å². The first-order valence-electron chi connectivity index (χ1n) is 9.77. The Morgan fingerprint density at radius 1 is 0.829 bits per heavy atom. The molecular formula is C10H20N2O23P6. The van der Waals surface area contributed by atoms with Crippen LogP contribution in [0.5, 0.6) is 0 Å². The van der Waals surface area contributed by atoms with Crippen molar-refractivity contribution >= 4 is 46.9 Å². The number of nitrogens with zero attached hydrogens (tertiary/aromatic N) is 1. The second-order valence-electron chi connectivity index (χ2n) is 7.45. The number of aliphatic hydroxyl groups excluding tert-OH is 1. The van der Waals surface area contributed by atoms with Crippen LogP contribution < -0.4 is 11.2 Å². The molecular weight excluding hydrogens is 702 g/mol. The molecule has 2 heterocycles. The molecule has 238 valence electrons. The van der Waals surface area contributed by atoms with Crippen molar-refractivity contribution in [1.29, 1.82) is 0 Å². The van der Waals surface area contributed by atoms with Gasteiger partial charge >= 0.3 is 52.6 Å². The van der Waals surface area contributed by atoms with E-state index in [1.807, 2.05) is 4.98 Å². The molecule has 0 aliphatic carbocycles. The lowest BCUT2D eigenvalue weighted by atomic mass is 10.2. The molecule has 25 nitrogen and oxygen atoms in total. The van der Waals surface area contributed by atoms with Crippen molar-refractivity contribution in [3.8, 4) is 0 Å². The largest absolute Gasteiger partial charge is 0.490 e. The van der Waals surface area contributed by atoms with Crippen LogP contribution in [0.15, 0.2) is 15.8 Å². The first kappa shape index (κ1) is 36.7. The number of nitrogens with one attached hydrogen (secondary N) is 1. The van der Waals surface area contributed by atoms with E-state index in [9.17, 15) is 61.7 Å². The number of hydrogen-bond acceptors (Lipinski definition) is 16. The smallest absolute Gasteiger partial charge is 0.390 e. The van der Waals surface area contributed by atoms with E-state index in [0.29, 0.717) is 0 Å². The van der Waals surface area contributed by atoms with Crippen molar-refractivity contribution in [2.24, 2.45) is 0 Å². The summed E-state index contributed by atoms with van der Waals surface area (Å²) in [7, 11) is -36.9. The molecule has 9 N–H and O–H groups in total. The number of phosphoric acid groups is 6. The van der Waals surface area contributed by atoms with Crippen LogP contribution in [0.2, 0.25) is 0 Å². The SMILES string of the molecule is Cc1cn([C@H]2C[C@H](O)[C@@H](COP(=O)(O)OP(=O)(O)OP(=O)(O)OP(=O)(O)OP(=O)(O)OP(=O)(O)O)O2)c(=O)[nH]c1=O. The Kier molecular flexibility index (Phi) is 11.5. The number of ether oxygens (including phenoxy) is 1. The van der Waals surface area contributed by atoms with E-state index in [0.717, 1.165) is 10.8 Å². The summed E-state index contributed by atoms with van der Waals surface area (Å²) in [5.74, 6) is 0. The van der Waals surface area contributed by atoms with Gasteiger partial charge < -0.3 is 44.1 Å². The lowest BCUT2D eigenvalue weighted by molar-refractivity contribution is -0.0450. The van der Waals surface area contributed by atoms with E-state index in [4.69, 9.17) is 19.4 Å². The number of aryl methyl sites for hydroxylation is 1. The summed E-state index contributed by atoms with van der Waals surface area (Å²) in [6, 6.07) is 0. The van der Waals surface area contributed by atoms with Gasteiger partial charge in [0.1, 0.15) is 12.3 Å². The Hall–Kier alpha value is -0.540. The van der Waals surface area contributed by atoms with Crippen molar-refractivity contribution < 1.29 is 97.6 Å². The highest BCUT2D eigenvalue weighted by atomic mass is 31.3. The Labute approximate surface area is 225 Å². The lowest BCUT2D eigenvalue weighted by Gasteiger charge is -2.21. The third-order valence-electron chi connectivity index (χ3n) is 4.10. The fourth-order valence-corrected chi connectivity index (χ4v) is 10.1. The first-order valence-corrected chi connectivity index (χ1v) is 18.8. The van der Waals surface area contributed by atoms with E-state index in [1.165, 1.54) is 6.92 Å². The van der Waals surface area contributed by atoms with Gasteiger partial charge in [-0.3, -0.25) is 18.9 Å². The van der Waals surface area contributed by atoms with Crippen LogP contribution in [-0.2, 0) is 58.2 Å². The van der Waals surface area contributed by atoms with Gasteiger partial charge in [-0.05, 0) is 6.92 Å². The second-order valence-corrected chi connectivity index (χ2v) is 16.6. The highest BCUT2D eigenvalue weighted by molar-refractivity contribution is 7.72. The normalized spacial score (nSPS) is 27.2. The Morgan fingerprint density at radius 3 is 1.73 bits per heavy atom. The standard InChI is InChI=1S/C10H20N2O23P6/c1-5-3-12(10(15)11-9(5)14)8-2-6(13)7(30-8)4-29-37(19,20)32-39(23,24)34-41(27,28)35-40(25,26)33-38(21,22)31-36(16,17)18/h3,6-8,13H,2,4H2,1H3,(H,19,20)(H,21,22)(H,23,24)(H,25,26)(H,27,28)(H,11,14,15)(H2,16,17,18)/t6-,7+,8+/m0/s1. The molecule has 0 bridgehead atoms. The number of H-pyrrole nitrogens is 1. The molecule has 0 spiro atoms. The molecule has 1 aliphatic heterocycles. The van der Waals surface area contributed by atoms with Gasteiger partial charge in [0.05, 0.1) is 12.7 Å². The van der Waals surface area contributed by atoms with E-state index in [2.05, 4.69) is 26.1 Å². The molecule has 1 aromatic rings. The molecule has 1 saturated heterocycles. The minimum atomic E-state index is -6.43. The number of hydrogen-bond donors (Lipinski definition) is 9. The van der Waals surface area contributed by atoms with E-state index >= 15 is 0 Å². The molecule has 0 aromatic carbocycles. The van der Waals surface area contributed by atoms with Crippen molar-refractivity contribution in [2.45, 2.75) is 31.8 Å². The molecule has 31 heteroatoms. The minimum Gasteiger partial charge on any atom is -0.390 e. The third-order valence-corrected chi connectivity index (χ3v) is 12.9. The Bertz CT molecular complexity index is 1540. The molecule has 1 aromatic heterocycles. The second kappa shape index (κ2) is 12.8. The molecule has 8 atom stereocenters. The summed E-state index contributed by atoms with van der Waals surface area (Å²) in [5, 5.41) is 10.1. The van der Waals surface area contributed by atoms with Crippen LogP contribution in [0.4, 0.5) is 0 Å². The molecule has 0 saturated carbocycles. The summed E-state index contributed by atoms with van der Waals surface area (Å²) < 4.78 is 96.5. The van der Waals surface area contributed by atoms with Gasteiger partial charge in [0.15, 0.2) is 0 Å². The predicted octanol–water partition coefficient (Wildman–Crippen LogP) is -0.812. The van der Waals surface area contributed by atoms with Crippen molar-refractivity contribution in [3.63, 3.8) is 0 Å². The van der Waals surface area contributed by atoms with Crippen LogP contribution in [-0.4, -0.2) is 67.7 Å². The van der Waals surface area contributed by atoms with Gasteiger partial charge in [0, 0.05) is 18.2 Å². The van der Waals surface area contributed by atoms with Crippen LogP contribution >= 0.6 is 46.9 Å². The first-order chi connectivity index (χ1) is 18.2. The number of aromatic nitrogens is 2. The average molecular weight is 722 g/mol. The average Bonchev–Trinajstić information content (AvgIpc) is 3.03. The van der Waals surface area contributed by atoms with Crippen molar-refractivity contribution in [3.05, 3.63) is 32.6 Å². The van der Waals surface area contributed by atoms with Gasteiger partial charge in [-0.25, -0.2) is 32.2 Å². The van der Waals surface area contributed by atoms with Crippen LogP contribution in [0.3, 0.4) is 0 Å². The Morgan fingerprint density at radius 2 is 1.27 bits per heavy atom.